The molecule has 1 unspecified atom stereocenters. The number of hydrogen-bond acceptors (Lipinski definition) is 2. The third kappa shape index (κ3) is 2.39. The molecule has 0 radical (unpaired) electrons. The number of hydrogen-bond donors (Lipinski definition) is 1. The molecule has 0 saturated heterocycles. The summed E-state index contributed by atoms with van der Waals surface area (Å²) in [5.41, 5.74) is -0.246. The first-order valence-corrected chi connectivity index (χ1v) is 5.51. The largest absolute Gasteiger partial charge is 0.493 e. The van der Waals surface area contributed by atoms with Crippen molar-refractivity contribution >= 4 is 0 Å². The summed E-state index contributed by atoms with van der Waals surface area (Å²) in [6.07, 6.45) is -3.66. The van der Waals surface area contributed by atoms with Crippen molar-refractivity contribution in [1.29, 1.82) is 0 Å². The van der Waals surface area contributed by atoms with E-state index in [0.29, 0.717) is 30.9 Å². The number of halogens is 3. The Kier molecular flexibility index (Phi) is 3.28. The van der Waals surface area contributed by atoms with Crippen LogP contribution < -0.4 is 10.1 Å². The molecule has 0 bridgehead atoms. The maximum atomic E-state index is 12.9. The first kappa shape index (κ1) is 12.2. The van der Waals surface area contributed by atoms with Gasteiger partial charge in [0.2, 0.25) is 0 Å². The molecule has 1 heterocycles. The first-order valence-electron chi connectivity index (χ1n) is 5.51. The molecule has 5 heteroatoms. The molecule has 0 saturated carbocycles. The summed E-state index contributed by atoms with van der Waals surface area (Å²) in [5, 5.41) is 2.95. The lowest BCUT2D eigenvalue weighted by Crippen LogP contribution is -2.15. The van der Waals surface area contributed by atoms with Gasteiger partial charge in [-0.25, -0.2) is 0 Å². The number of alkyl halides is 3. The third-order valence-electron chi connectivity index (χ3n) is 2.96. The smallest absolute Gasteiger partial charge is 0.416 e. The van der Waals surface area contributed by atoms with Gasteiger partial charge in [-0.15, -0.1) is 0 Å². The molecule has 17 heavy (non-hydrogen) atoms. The SMILES string of the molecule is CNCCC1COc2cccc(C(F)(F)F)c21. The molecule has 1 N–H and O–H groups in total. The van der Waals surface area contributed by atoms with Crippen LogP contribution in [0.5, 0.6) is 5.75 Å². The molecule has 1 aliphatic heterocycles. The zero-order valence-corrected chi connectivity index (χ0v) is 9.47. The zero-order valence-electron chi connectivity index (χ0n) is 9.47. The molecule has 1 aliphatic rings. The van der Waals surface area contributed by atoms with Crippen LogP contribution in [0.1, 0.15) is 23.5 Å². The fraction of sp³-hybridized carbons (Fsp3) is 0.500. The average molecular weight is 245 g/mol. The fourth-order valence-corrected chi connectivity index (χ4v) is 2.16. The standard InChI is InChI=1S/C12H14F3NO/c1-16-6-5-8-7-17-10-4-2-3-9(11(8)10)12(13,14)15/h2-4,8,16H,5-7H2,1H3. The van der Waals surface area contributed by atoms with Gasteiger partial charge in [0.25, 0.3) is 0 Å². The van der Waals surface area contributed by atoms with E-state index in [0.717, 1.165) is 6.07 Å². The van der Waals surface area contributed by atoms with Crippen LogP contribution in [0.15, 0.2) is 18.2 Å². The van der Waals surface area contributed by atoms with Gasteiger partial charge in [0, 0.05) is 11.5 Å². The summed E-state index contributed by atoms with van der Waals surface area (Å²) in [6.45, 7) is 1.02. The molecule has 0 fully saturated rings. The highest BCUT2D eigenvalue weighted by molar-refractivity contribution is 5.47. The number of ether oxygens (including phenoxy) is 1. The van der Waals surface area contributed by atoms with Crippen LogP contribution in [0.25, 0.3) is 0 Å². The second-order valence-corrected chi connectivity index (χ2v) is 4.12. The number of benzene rings is 1. The van der Waals surface area contributed by atoms with E-state index >= 15 is 0 Å². The van der Waals surface area contributed by atoms with E-state index < -0.39 is 11.7 Å². The van der Waals surface area contributed by atoms with Gasteiger partial charge in [0.15, 0.2) is 0 Å². The van der Waals surface area contributed by atoms with Crippen molar-refractivity contribution in [3.05, 3.63) is 29.3 Å². The number of nitrogens with one attached hydrogen (secondary N) is 1. The van der Waals surface area contributed by atoms with Gasteiger partial charge in [0.1, 0.15) is 5.75 Å². The molecule has 0 aromatic heterocycles. The number of fused-ring (bicyclic) bond motifs is 1. The van der Waals surface area contributed by atoms with E-state index in [1.807, 2.05) is 0 Å². The number of rotatable bonds is 3. The lowest BCUT2D eigenvalue weighted by molar-refractivity contribution is -0.138. The van der Waals surface area contributed by atoms with E-state index in [1.54, 1.807) is 13.1 Å². The fourth-order valence-electron chi connectivity index (χ4n) is 2.16. The van der Waals surface area contributed by atoms with E-state index in [9.17, 15) is 13.2 Å². The Hall–Kier alpha value is -1.23. The summed E-state index contributed by atoms with van der Waals surface area (Å²) >= 11 is 0. The molecule has 94 valence electrons. The molecule has 1 aromatic carbocycles. The Balaban J connectivity index is 2.35. The molecular weight excluding hydrogens is 231 g/mol. The maximum Gasteiger partial charge on any atom is 0.416 e. The summed E-state index contributed by atoms with van der Waals surface area (Å²) in [7, 11) is 1.78. The van der Waals surface area contributed by atoms with E-state index in [4.69, 9.17) is 4.74 Å². The van der Waals surface area contributed by atoms with Crippen LogP contribution in [0.3, 0.4) is 0 Å². The van der Waals surface area contributed by atoms with Crippen molar-refractivity contribution < 1.29 is 17.9 Å². The molecule has 0 amide bonds. The lowest BCUT2D eigenvalue weighted by Gasteiger charge is -2.15. The van der Waals surface area contributed by atoms with Crippen molar-refractivity contribution in [3.63, 3.8) is 0 Å². The highest BCUT2D eigenvalue weighted by Gasteiger charge is 2.39. The molecule has 0 spiro atoms. The Morgan fingerprint density at radius 1 is 1.41 bits per heavy atom. The van der Waals surface area contributed by atoms with Crippen molar-refractivity contribution in [2.24, 2.45) is 0 Å². The van der Waals surface area contributed by atoms with Gasteiger partial charge in [-0.1, -0.05) is 6.07 Å². The summed E-state index contributed by atoms with van der Waals surface area (Å²) in [4.78, 5) is 0. The van der Waals surface area contributed by atoms with Crippen LogP contribution in [0, 0.1) is 0 Å². The molecule has 2 nitrogen and oxygen atoms in total. The van der Waals surface area contributed by atoms with Crippen molar-refractivity contribution in [1.82, 2.24) is 5.32 Å². The normalized spacial score (nSPS) is 18.9. The van der Waals surface area contributed by atoms with Crippen molar-refractivity contribution in [3.8, 4) is 5.75 Å². The third-order valence-corrected chi connectivity index (χ3v) is 2.96. The van der Waals surface area contributed by atoms with Gasteiger partial charge < -0.3 is 10.1 Å². The predicted molar refractivity (Wildman–Crippen MR) is 58.2 cm³/mol. The van der Waals surface area contributed by atoms with Gasteiger partial charge >= 0.3 is 6.18 Å². The van der Waals surface area contributed by atoms with Gasteiger partial charge in [-0.05, 0) is 32.1 Å². The Labute approximate surface area is 97.8 Å². The van der Waals surface area contributed by atoms with Crippen molar-refractivity contribution in [2.75, 3.05) is 20.2 Å². The molecule has 1 atom stereocenters. The summed E-state index contributed by atoms with van der Waals surface area (Å²) in [5.74, 6) is 0.205. The van der Waals surface area contributed by atoms with Crippen LogP contribution in [-0.4, -0.2) is 20.2 Å². The second kappa shape index (κ2) is 4.56. The Morgan fingerprint density at radius 2 is 2.18 bits per heavy atom. The maximum absolute atomic E-state index is 12.9. The molecule has 0 aliphatic carbocycles. The molecular formula is C12H14F3NO. The van der Waals surface area contributed by atoms with E-state index in [2.05, 4.69) is 5.32 Å². The first-order chi connectivity index (χ1) is 8.04. The van der Waals surface area contributed by atoms with Crippen LogP contribution in [0.2, 0.25) is 0 Å². The minimum absolute atomic E-state index is 0.171. The van der Waals surface area contributed by atoms with E-state index in [1.165, 1.54) is 6.07 Å². The topological polar surface area (TPSA) is 21.3 Å². The van der Waals surface area contributed by atoms with Gasteiger partial charge in [0.05, 0.1) is 12.2 Å². The minimum Gasteiger partial charge on any atom is -0.493 e. The van der Waals surface area contributed by atoms with Gasteiger partial charge in [-0.3, -0.25) is 0 Å². The Morgan fingerprint density at radius 3 is 2.82 bits per heavy atom. The van der Waals surface area contributed by atoms with Crippen molar-refractivity contribution in [2.45, 2.75) is 18.5 Å². The zero-order chi connectivity index (χ0) is 12.5. The summed E-state index contributed by atoms with van der Waals surface area (Å²) in [6, 6.07) is 4.12. The summed E-state index contributed by atoms with van der Waals surface area (Å²) < 4.78 is 43.9. The van der Waals surface area contributed by atoms with Gasteiger partial charge in [-0.2, -0.15) is 13.2 Å². The molecule has 2 rings (SSSR count). The highest BCUT2D eigenvalue weighted by Crippen LogP contribution is 2.44. The monoisotopic (exact) mass is 245 g/mol. The average Bonchev–Trinajstić information content (AvgIpc) is 2.68. The van der Waals surface area contributed by atoms with E-state index in [-0.39, 0.29) is 5.92 Å². The highest BCUT2D eigenvalue weighted by atomic mass is 19.4. The quantitative estimate of drug-likeness (QED) is 0.884. The minimum atomic E-state index is -4.31. The predicted octanol–water partition coefficient (Wildman–Crippen LogP) is 2.79. The van der Waals surface area contributed by atoms with Crippen LogP contribution in [-0.2, 0) is 6.18 Å². The second-order valence-electron chi connectivity index (χ2n) is 4.12. The molecule has 1 aromatic rings. The Bertz CT molecular complexity index is 403. The van der Waals surface area contributed by atoms with Crippen LogP contribution in [0.4, 0.5) is 13.2 Å². The lowest BCUT2D eigenvalue weighted by atomic mass is 9.93. The van der Waals surface area contributed by atoms with Crippen LogP contribution >= 0.6 is 0 Å².